The third-order valence-electron chi connectivity index (χ3n) is 3.02. The zero-order chi connectivity index (χ0) is 15.7. The average molecular weight is 335 g/mol. The zero-order valence-electron chi connectivity index (χ0n) is 11.0. The van der Waals surface area contributed by atoms with Crippen LogP contribution in [0.3, 0.4) is 0 Å². The van der Waals surface area contributed by atoms with Gasteiger partial charge in [-0.2, -0.15) is 0 Å². The molecule has 0 amide bonds. The van der Waals surface area contributed by atoms with Gasteiger partial charge in [0.15, 0.2) is 5.76 Å². The Morgan fingerprint density at radius 2 is 1.73 bits per heavy atom. The summed E-state index contributed by atoms with van der Waals surface area (Å²) < 4.78 is 5.65. The van der Waals surface area contributed by atoms with Crippen LogP contribution in [0.15, 0.2) is 53.1 Å². The highest BCUT2D eigenvalue weighted by Crippen LogP contribution is 2.32. The number of benzene rings is 2. The standard InChI is InChI=1S/C15H8Cl2N2O3/c16-11-4-1-9(2-5-11)15-18-8-14(22-15)10-3-6-12(17)13(7-10)19(20)21/h1-8H. The molecule has 1 aromatic heterocycles. The first kappa shape index (κ1) is 14.6. The fraction of sp³-hybridized carbons (Fsp3) is 0. The molecule has 22 heavy (non-hydrogen) atoms. The molecule has 0 radical (unpaired) electrons. The molecule has 1 heterocycles. The highest BCUT2D eigenvalue weighted by molar-refractivity contribution is 6.32. The lowest BCUT2D eigenvalue weighted by Gasteiger charge is -1.99. The van der Waals surface area contributed by atoms with Gasteiger partial charge in [-0.05, 0) is 36.4 Å². The maximum absolute atomic E-state index is 10.9. The average Bonchev–Trinajstić information content (AvgIpc) is 2.98. The second kappa shape index (κ2) is 5.79. The fourth-order valence-corrected chi connectivity index (χ4v) is 2.25. The third-order valence-corrected chi connectivity index (χ3v) is 3.60. The molecule has 7 heteroatoms. The smallest absolute Gasteiger partial charge is 0.288 e. The van der Waals surface area contributed by atoms with E-state index in [-0.39, 0.29) is 10.7 Å². The van der Waals surface area contributed by atoms with Gasteiger partial charge in [-0.1, -0.05) is 23.2 Å². The van der Waals surface area contributed by atoms with Crippen LogP contribution in [0.1, 0.15) is 0 Å². The van der Waals surface area contributed by atoms with E-state index in [0.29, 0.717) is 22.2 Å². The minimum Gasteiger partial charge on any atom is -0.436 e. The number of oxazole rings is 1. The van der Waals surface area contributed by atoms with Crippen molar-refractivity contribution in [2.24, 2.45) is 0 Å². The van der Waals surface area contributed by atoms with E-state index in [1.54, 1.807) is 30.3 Å². The number of nitrogens with zero attached hydrogens (tertiary/aromatic N) is 2. The highest BCUT2D eigenvalue weighted by atomic mass is 35.5. The highest BCUT2D eigenvalue weighted by Gasteiger charge is 2.16. The van der Waals surface area contributed by atoms with Gasteiger partial charge in [0.1, 0.15) is 5.02 Å². The largest absolute Gasteiger partial charge is 0.436 e. The summed E-state index contributed by atoms with van der Waals surface area (Å²) in [7, 11) is 0. The van der Waals surface area contributed by atoms with Gasteiger partial charge in [0.05, 0.1) is 11.1 Å². The molecule has 3 rings (SSSR count). The van der Waals surface area contributed by atoms with Crippen molar-refractivity contribution in [3.63, 3.8) is 0 Å². The summed E-state index contributed by atoms with van der Waals surface area (Å²) in [5.74, 6) is 0.828. The summed E-state index contributed by atoms with van der Waals surface area (Å²) in [5, 5.41) is 11.6. The van der Waals surface area contributed by atoms with Crippen molar-refractivity contribution >= 4 is 28.9 Å². The van der Waals surface area contributed by atoms with Crippen LogP contribution in [-0.2, 0) is 0 Å². The van der Waals surface area contributed by atoms with Gasteiger partial charge in [0.2, 0.25) is 5.89 Å². The van der Waals surface area contributed by atoms with Crippen LogP contribution in [0.4, 0.5) is 5.69 Å². The van der Waals surface area contributed by atoms with Crippen molar-refractivity contribution in [2.45, 2.75) is 0 Å². The Bertz CT molecular complexity index is 844. The second-order valence-electron chi connectivity index (χ2n) is 4.46. The van der Waals surface area contributed by atoms with Crippen LogP contribution < -0.4 is 0 Å². The molecular weight excluding hydrogens is 327 g/mol. The van der Waals surface area contributed by atoms with E-state index < -0.39 is 4.92 Å². The van der Waals surface area contributed by atoms with Crippen molar-refractivity contribution < 1.29 is 9.34 Å². The Balaban J connectivity index is 1.99. The quantitative estimate of drug-likeness (QED) is 0.486. The topological polar surface area (TPSA) is 69.2 Å². The van der Waals surface area contributed by atoms with E-state index >= 15 is 0 Å². The Morgan fingerprint density at radius 1 is 1.05 bits per heavy atom. The van der Waals surface area contributed by atoms with Crippen molar-refractivity contribution in [3.05, 3.63) is 68.8 Å². The monoisotopic (exact) mass is 334 g/mol. The zero-order valence-corrected chi connectivity index (χ0v) is 12.5. The van der Waals surface area contributed by atoms with Gasteiger partial charge < -0.3 is 4.42 Å². The lowest BCUT2D eigenvalue weighted by molar-refractivity contribution is -0.384. The van der Waals surface area contributed by atoms with Crippen LogP contribution in [0.2, 0.25) is 10.0 Å². The molecule has 0 N–H and O–H groups in total. The van der Waals surface area contributed by atoms with E-state index in [4.69, 9.17) is 27.6 Å². The maximum atomic E-state index is 10.9. The van der Waals surface area contributed by atoms with E-state index in [0.717, 1.165) is 5.56 Å². The van der Waals surface area contributed by atoms with E-state index in [1.165, 1.54) is 18.3 Å². The van der Waals surface area contributed by atoms with Crippen LogP contribution in [0.5, 0.6) is 0 Å². The minimum absolute atomic E-state index is 0.0752. The first-order chi connectivity index (χ1) is 10.5. The Kier molecular flexibility index (Phi) is 3.83. The molecule has 0 saturated carbocycles. The number of hydrogen-bond acceptors (Lipinski definition) is 4. The van der Waals surface area contributed by atoms with Crippen molar-refractivity contribution in [1.82, 2.24) is 4.98 Å². The molecule has 0 bridgehead atoms. The number of hydrogen-bond donors (Lipinski definition) is 0. The van der Waals surface area contributed by atoms with E-state index in [9.17, 15) is 10.1 Å². The summed E-state index contributed by atoms with van der Waals surface area (Å²) in [5.41, 5.74) is 1.12. The van der Waals surface area contributed by atoms with Gasteiger partial charge in [-0.3, -0.25) is 10.1 Å². The Labute approximate surface area is 135 Å². The number of rotatable bonds is 3. The molecule has 0 aliphatic rings. The molecule has 0 unspecified atom stereocenters. The van der Waals surface area contributed by atoms with Crippen LogP contribution in [-0.4, -0.2) is 9.91 Å². The summed E-state index contributed by atoms with van der Waals surface area (Å²) in [6, 6.07) is 11.5. The molecule has 110 valence electrons. The van der Waals surface area contributed by atoms with Crippen molar-refractivity contribution in [1.29, 1.82) is 0 Å². The van der Waals surface area contributed by atoms with Crippen LogP contribution >= 0.6 is 23.2 Å². The normalized spacial score (nSPS) is 10.6. The maximum Gasteiger partial charge on any atom is 0.288 e. The van der Waals surface area contributed by atoms with Gasteiger partial charge >= 0.3 is 0 Å². The number of aromatic nitrogens is 1. The summed E-state index contributed by atoms with van der Waals surface area (Å²) in [4.78, 5) is 14.6. The van der Waals surface area contributed by atoms with E-state index in [1.807, 2.05) is 0 Å². The molecule has 3 aromatic rings. The lowest BCUT2D eigenvalue weighted by atomic mass is 10.1. The third kappa shape index (κ3) is 2.81. The minimum atomic E-state index is -0.539. The molecule has 0 fully saturated rings. The summed E-state index contributed by atoms with van der Waals surface area (Å²) >= 11 is 11.6. The van der Waals surface area contributed by atoms with Crippen LogP contribution in [0.25, 0.3) is 22.8 Å². The number of halogens is 2. The molecule has 0 saturated heterocycles. The molecule has 0 atom stereocenters. The second-order valence-corrected chi connectivity index (χ2v) is 5.30. The predicted molar refractivity (Wildman–Crippen MR) is 84.0 cm³/mol. The summed E-state index contributed by atoms with van der Waals surface area (Å²) in [6.07, 6.45) is 1.51. The molecule has 2 aromatic carbocycles. The SMILES string of the molecule is O=[N+]([O-])c1cc(-c2cnc(-c3ccc(Cl)cc3)o2)ccc1Cl. The lowest BCUT2D eigenvalue weighted by Crippen LogP contribution is -1.89. The van der Waals surface area contributed by atoms with Gasteiger partial charge in [-0.25, -0.2) is 4.98 Å². The van der Waals surface area contributed by atoms with Crippen molar-refractivity contribution in [2.75, 3.05) is 0 Å². The van der Waals surface area contributed by atoms with Gasteiger partial charge in [0, 0.05) is 22.2 Å². The van der Waals surface area contributed by atoms with Gasteiger partial charge in [-0.15, -0.1) is 0 Å². The Hall–Kier alpha value is -2.37. The molecule has 5 nitrogen and oxygen atoms in total. The molecule has 0 spiro atoms. The number of nitro groups is 1. The molecule has 0 aliphatic heterocycles. The Morgan fingerprint density at radius 3 is 2.41 bits per heavy atom. The number of nitro benzene ring substituents is 1. The fourth-order valence-electron chi connectivity index (χ4n) is 1.94. The first-order valence-electron chi connectivity index (χ1n) is 6.20. The van der Waals surface area contributed by atoms with Crippen LogP contribution in [0, 0.1) is 10.1 Å². The van der Waals surface area contributed by atoms with Gasteiger partial charge in [0.25, 0.3) is 5.69 Å². The first-order valence-corrected chi connectivity index (χ1v) is 6.96. The molecular formula is C15H8Cl2N2O3. The van der Waals surface area contributed by atoms with E-state index in [2.05, 4.69) is 4.98 Å². The van der Waals surface area contributed by atoms with Crippen molar-refractivity contribution in [3.8, 4) is 22.8 Å². The summed E-state index contributed by atoms with van der Waals surface area (Å²) in [6.45, 7) is 0. The molecule has 0 aliphatic carbocycles. The predicted octanol–water partition coefficient (Wildman–Crippen LogP) is 5.22.